The molecule has 6 nitrogen and oxygen atoms in total. The van der Waals surface area contributed by atoms with Crippen LogP contribution in [0.4, 0.5) is 20.6 Å². The van der Waals surface area contributed by atoms with Gasteiger partial charge in [-0.05, 0) is 30.4 Å². The van der Waals surface area contributed by atoms with Gasteiger partial charge in [0.25, 0.3) is 5.91 Å². The van der Waals surface area contributed by atoms with E-state index in [1.54, 1.807) is 12.1 Å². The number of hydrogen-bond acceptors (Lipinski definition) is 5. The van der Waals surface area contributed by atoms with E-state index in [-0.39, 0.29) is 12.4 Å². The third-order valence-corrected chi connectivity index (χ3v) is 4.98. The fraction of sp³-hybridized carbons (Fsp3) is 0.467. The summed E-state index contributed by atoms with van der Waals surface area (Å²) in [6.07, 6.45) is -0.662. The van der Waals surface area contributed by atoms with Gasteiger partial charge in [0.05, 0.1) is 17.9 Å². The van der Waals surface area contributed by atoms with Crippen molar-refractivity contribution < 1.29 is 18.7 Å². The molecule has 0 aromatic heterocycles. The molecule has 0 spiro atoms. The molecule has 0 saturated carbocycles. The molecule has 2 N–H and O–H groups in total. The van der Waals surface area contributed by atoms with Crippen molar-refractivity contribution in [2.24, 2.45) is 5.73 Å². The van der Waals surface area contributed by atoms with Crippen molar-refractivity contribution in [3.8, 4) is 0 Å². The van der Waals surface area contributed by atoms with E-state index in [0.29, 0.717) is 11.4 Å². The second-order valence-corrected chi connectivity index (χ2v) is 6.70. The minimum Gasteiger partial charge on any atom is -0.434 e. The molecule has 8 heteroatoms. The standard InChI is InChI=1S/C15H18FN3O3S/c16-11-8-10(19-9-13(14(17)20)22-15(19)21)2-3-12(11)18-4-1-6-23-7-5-18/h2-3,8,13H,1,4-7,9H2,(H2,17,20)/t13-/m1/s1. The highest BCUT2D eigenvalue weighted by Gasteiger charge is 2.36. The SMILES string of the molecule is NC(=O)[C@H]1CN(c2ccc(N3CCCSCC3)c(F)c2)C(=O)O1. The second kappa shape index (κ2) is 6.66. The van der Waals surface area contributed by atoms with Crippen molar-refractivity contribution in [2.45, 2.75) is 12.5 Å². The van der Waals surface area contributed by atoms with Crippen molar-refractivity contribution in [1.82, 2.24) is 0 Å². The minimum atomic E-state index is -0.993. The number of carbonyl (C=O) groups is 2. The van der Waals surface area contributed by atoms with E-state index in [9.17, 15) is 14.0 Å². The molecule has 1 atom stereocenters. The highest BCUT2D eigenvalue weighted by molar-refractivity contribution is 7.99. The number of amides is 2. The maximum Gasteiger partial charge on any atom is 0.415 e. The van der Waals surface area contributed by atoms with Gasteiger partial charge >= 0.3 is 6.09 Å². The van der Waals surface area contributed by atoms with Crippen LogP contribution in [0.15, 0.2) is 18.2 Å². The summed E-state index contributed by atoms with van der Waals surface area (Å²) in [5.74, 6) is 0.967. The van der Waals surface area contributed by atoms with Gasteiger partial charge in [0.15, 0.2) is 6.10 Å². The predicted molar refractivity (Wildman–Crippen MR) is 87.4 cm³/mol. The van der Waals surface area contributed by atoms with Gasteiger partial charge < -0.3 is 15.4 Å². The summed E-state index contributed by atoms with van der Waals surface area (Å²) in [4.78, 5) is 26.2. The maximum atomic E-state index is 14.5. The number of halogens is 1. The van der Waals surface area contributed by atoms with Crippen LogP contribution in [0.25, 0.3) is 0 Å². The minimum absolute atomic E-state index is 0.00725. The highest BCUT2D eigenvalue weighted by Crippen LogP contribution is 2.29. The van der Waals surface area contributed by atoms with Crippen molar-refractivity contribution in [3.05, 3.63) is 24.0 Å². The van der Waals surface area contributed by atoms with Gasteiger partial charge in [-0.25, -0.2) is 9.18 Å². The van der Waals surface area contributed by atoms with Gasteiger partial charge in [0.2, 0.25) is 0 Å². The zero-order chi connectivity index (χ0) is 16.4. The van der Waals surface area contributed by atoms with Gasteiger partial charge in [-0.15, -0.1) is 0 Å². The molecule has 2 saturated heterocycles. The molecule has 2 amide bonds. The van der Waals surface area contributed by atoms with E-state index in [0.717, 1.165) is 31.0 Å². The first kappa shape index (κ1) is 15.9. The van der Waals surface area contributed by atoms with Gasteiger partial charge in [-0.3, -0.25) is 9.69 Å². The molecular formula is C15H18FN3O3S. The van der Waals surface area contributed by atoms with Gasteiger partial charge in [0.1, 0.15) is 5.82 Å². The largest absolute Gasteiger partial charge is 0.434 e. The van der Waals surface area contributed by atoms with Gasteiger partial charge in [-0.1, -0.05) is 0 Å². The predicted octanol–water partition coefficient (Wildman–Crippen LogP) is 1.58. The molecule has 0 unspecified atom stereocenters. The van der Waals surface area contributed by atoms with Crippen molar-refractivity contribution in [1.29, 1.82) is 0 Å². The highest BCUT2D eigenvalue weighted by atomic mass is 32.2. The molecule has 2 heterocycles. The van der Waals surface area contributed by atoms with Crippen molar-refractivity contribution in [2.75, 3.05) is 40.9 Å². The van der Waals surface area contributed by atoms with Gasteiger partial charge in [-0.2, -0.15) is 11.8 Å². The lowest BCUT2D eigenvalue weighted by atomic mass is 10.2. The number of thioether (sulfide) groups is 1. The Labute approximate surface area is 137 Å². The first-order valence-corrected chi connectivity index (χ1v) is 8.61. The average Bonchev–Trinajstić information content (AvgIpc) is 2.73. The molecule has 23 heavy (non-hydrogen) atoms. The number of carbonyl (C=O) groups excluding carboxylic acids is 2. The topological polar surface area (TPSA) is 75.9 Å². The summed E-state index contributed by atoms with van der Waals surface area (Å²) in [5.41, 5.74) is 6.04. The Balaban J connectivity index is 1.79. The number of hydrogen-bond donors (Lipinski definition) is 1. The van der Waals surface area contributed by atoms with E-state index in [1.807, 2.05) is 16.7 Å². The van der Waals surface area contributed by atoms with E-state index in [2.05, 4.69) is 0 Å². The normalized spacial score (nSPS) is 22.0. The molecular weight excluding hydrogens is 321 g/mol. The van der Waals surface area contributed by atoms with Crippen LogP contribution in [-0.2, 0) is 9.53 Å². The number of benzene rings is 1. The van der Waals surface area contributed by atoms with Crippen LogP contribution < -0.4 is 15.5 Å². The number of nitrogens with two attached hydrogens (primary N) is 1. The number of rotatable bonds is 3. The summed E-state index contributed by atoms with van der Waals surface area (Å²) in [6, 6.07) is 4.64. The van der Waals surface area contributed by atoms with E-state index in [4.69, 9.17) is 10.5 Å². The van der Waals surface area contributed by atoms with Gasteiger partial charge in [0, 0.05) is 18.8 Å². The van der Waals surface area contributed by atoms with Crippen LogP contribution >= 0.6 is 11.8 Å². The number of primary amides is 1. The van der Waals surface area contributed by atoms with Crippen LogP contribution in [0.5, 0.6) is 0 Å². The average molecular weight is 339 g/mol. The van der Waals surface area contributed by atoms with Crippen LogP contribution in [0, 0.1) is 5.82 Å². The Morgan fingerprint density at radius 3 is 2.87 bits per heavy atom. The Hall–Kier alpha value is -1.96. The Kier molecular flexibility index (Phi) is 4.61. The van der Waals surface area contributed by atoms with Crippen LogP contribution in [-0.4, -0.2) is 49.2 Å². The summed E-state index contributed by atoms with van der Waals surface area (Å²) < 4.78 is 19.4. The lowest BCUT2D eigenvalue weighted by Gasteiger charge is -2.24. The number of ether oxygens (including phenoxy) is 1. The van der Waals surface area contributed by atoms with Crippen molar-refractivity contribution >= 4 is 35.1 Å². The Bertz CT molecular complexity index is 620. The van der Waals surface area contributed by atoms with Crippen molar-refractivity contribution in [3.63, 3.8) is 0 Å². The lowest BCUT2D eigenvalue weighted by Crippen LogP contribution is -2.32. The smallest absolute Gasteiger partial charge is 0.415 e. The number of anilines is 2. The first-order chi connectivity index (χ1) is 11.1. The number of cyclic esters (lactones) is 1. The Morgan fingerprint density at radius 1 is 1.35 bits per heavy atom. The molecule has 1 aromatic rings. The lowest BCUT2D eigenvalue weighted by molar-refractivity contribution is -0.124. The quantitative estimate of drug-likeness (QED) is 0.905. The summed E-state index contributed by atoms with van der Waals surface area (Å²) in [6.45, 7) is 1.63. The number of nitrogens with zero attached hydrogens (tertiary/aromatic N) is 2. The van der Waals surface area contributed by atoms with E-state index in [1.165, 1.54) is 11.0 Å². The fourth-order valence-electron chi connectivity index (χ4n) is 2.73. The summed E-state index contributed by atoms with van der Waals surface area (Å²) in [5, 5.41) is 0. The molecule has 2 aliphatic heterocycles. The van der Waals surface area contributed by atoms with Crippen LogP contribution in [0.1, 0.15) is 6.42 Å². The molecule has 2 fully saturated rings. The maximum absolute atomic E-state index is 14.5. The molecule has 2 aliphatic rings. The molecule has 1 aromatic carbocycles. The third-order valence-electron chi connectivity index (χ3n) is 3.94. The Morgan fingerprint density at radius 2 is 2.17 bits per heavy atom. The molecule has 0 aliphatic carbocycles. The van der Waals surface area contributed by atoms with Crippen LogP contribution in [0.3, 0.4) is 0 Å². The van der Waals surface area contributed by atoms with Crippen LogP contribution in [0.2, 0.25) is 0 Å². The summed E-state index contributed by atoms with van der Waals surface area (Å²) in [7, 11) is 0. The molecule has 124 valence electrons. The summed E-state index contributed by atoms with van der Waals surface area (Å²) >= 11 is 1.87. The molecule has 0 radical (unpaired) electrons. The zero-order valence-corrected chi connectivity index (χ0v) is 13.4. The molecule has 3 rings (SSSR count). The monoisotopic (exact) mass is 339 g/mol. The molecule has 0 bridgehead atoms. The van der Waals surface area contributed by atoms with E-state index >= 15 is 0 Å². The zero-order valence-electron chi connectivity index (χ0n) is 12.5. The van der Waals surface area contributed by atoms with E-state index < -0.39 is 18.1 Å². The fourth-order valence-corrected chi connectivity index (χ4v) is 3.62. The second-order valence-electron chi connectivity index (χ2n) is 5.47. The third kappa shape index (κ3) is 3.36. The first-order valence-electron chi connectivity index (χ1n) is 7.46.